The minimum Gasteiger partial charge on any atom is -0.466 e. The highest BCUT2D eigenvalue weighted by Crippen LogP contribution is 2.65. The number of ether oxygens (including phenoxy) is 1. The van der Waals surface area contributed by atoms with Gasteiger partial charge in [0.05, 0.1) is 28.7 Å². The molecule has 5 atom stereocenters. The van der Waals surface area contributed by atoms with Crippen molar-refractivity contribution < 1.29 is 41.9 Å². The molecule has 4 N–H and O–H groups in total. The minimum atomic E-state index is -3.61. The number of piperidine rings is 1. The summed E-state index contributed by atoms with van der Waals surface area (Å²) in [6, 6.07) is -3.87. The molecule has 1 saturated heterocycles. The highest BCUT2D eigenvalue weighted by molar-refractivity contribution is 7.92. The zero-order chi connectivity index (χ0) is 39.8. The Hall–Kier alpha value is -3.49. The number of ketones is 1. The van der Waals surface area contributed by atoms with Crippen LogP contribution in [0.25, 0.3) is 0 Å². The minimum absolute atomic E-state index is 0.00373. The molecule has 0 bridgehead atoms. The highest BCUT2D eigenvalue weighted by atomic mass is 32.2. The average Bonchev–Trinajstić information content (AvgIpc) is 3.37. The van der Waals surface area contributed by atoms with Crippen molar-refractivity contribution in [1.29, 1.82) is 0 Å². The predicted octanol–water partition coefficient (Wildman–Crippen LogP) is 3.33. The van der Waals surface area contributed by atoms with E-state index >= 15 is 0 Å². The van der Waals surface area contributed by atoms with Crippen LogP contribution < -0.4 is 21.3 Å². The summed E-state index contributed by atoms with van der Waals surface area (Å²) in [5.74, 6) is -3.60. The third-order valence-electron chi connectivity index (χ3n) is 11.3. The van der Waals surface area contributed by atoms with Crippen LogP contribution in [0.4, 0.5) is 4.79 Å². The largest absolute Gasteiger partial charge is 0.466 e. The van der Waals surface area contributed by atoms with Gasteiger partial charge in [0.15, 0.2) is 9.84 Å². The number of amides is 5. The molecule has 53 heavy (non-hydrogen) atoms. The molecule has 3 aliphatic rings. The second-order valence-corrected chi connectivity index (χ2v) is 19.4. The number of Topliss-reactive ketones (excluding diaryl/α,β-unsaturated/α-hetero) is 1. The Morgan fingerprint density at radius 1 is 0.962 bits per heavy atom. The van der Waals surface area contributed by atoms with E-state index in [1.807, 2.05) is 20.8 Å². The van der Waals surface area contributed by atoms with Crippen molar-refractivity contribution in [3.63, 3.8) is 0 Å². The lowest BCUT2D eigenvalue weighted by Crippen LogP contribution is -2.62. The molecular formula is C38H63N5O9S. The molecule has 1 heterocycles. The number of unbranched alkanes of at least 4 members (excludes halogenated alkanes) is 2. The number of sulfone groups is 1. The van der Waals surface area contributed by atoms with E-state index in [0.717, 1.165) is 32.1 Å². The summed E-state index contributed by atoms with van der Waals surface area (Å²) in [7, 11) is -3.61. The number of fused-ring (bicyclic) bond motifs is 1. The van der Waals surface area contributed by atoms with Crippen molar-refractivity contribution in [3.05, 3.63) is 12.7 Å². The van der Waals surface area contributed by atoms with Gasteiger partial charge in [0.2, 0.25) is 17.6 Å². The smallest absolute Gasteiger partial charge is 0.315 e. The first kappa shape index (κ1) is 43.9. The Morgan fingerprint density at radius 3 is 2.19 bits per heavy atom. The van der Waals surface area contributed by atoms with Gasteiger partial charge in [-0.3, -0.25) is 24.0 Å². The number of likely N-dealkylation sites (tertiary alicyclic amines) is 1. The van der Waals surface area contributed by atoms with Crippen LogP contribution in [-0.2, 0) is 38.5 Å². The molecule has 15 heteroatoms. The second kappa shape index (κ2) is 18.2. The van der Waals surface area contributed by atoms with E-state index in [9.17, 15) is 37.2 Å². The fourth-order valence-electron chi connectivity index (χ4n) is 7.86. The van der Waals surface area contributed by atoms with Crippen LogP contribution in [0.5, 0.6) is 0 Å². The van der Waals surface area contributed by atoms with Gasteiger partial charge in [0.25, 0.3) is 5.91 Å². The van der Waals surface area contributed by atoms with Crippen molar-refractivity contribution in [1.82, 2.24) is 26.2 Å². The first-order valence-corrected chi connectivity index (χ1v) is 20.8. The number of esters is 1. The maximum atomic E-state index is 14.4. The Morgan fingerprint density at radius 2 is 1.60 bits per heavy atom. The van der Waals surface area contributed by atoms with Crippen LogP contribution in [-0.4, -0.2) is 103 Å². The zero-order valence-corrected chi connectivity index (χ0v) is 33.6. The summed E-state index contributed by atoms with van der Waals surface area (Å²) >= 11 is 0. The highest BCUT2D eigenvalue weighted by Gasteiger charge is 2.69. The lowest BCUT2D eigenvalue weighted by Gasteiger charge is -2.40. The summed E-state index contributed by atoms with van der Waals surface area (Å²) in [6.45, 7) is 16.1. The molecule has 300 valence electrons. The number of nitrogens with zero attached hydrogens (tertiary/aromatic N) is 1. The van der Waals surface area contributed by atoms with E-state index in [4.69, 9.17) is 4.74 Å². The van der Waals surface area contributed by atoms with Gasteiger partial charge >= 0.3 is 12.0 Å². The topological polar surface area (TPSA) is 197 Å². The quantitative estimate of drug-likeness (QED) is 0.0660. The molecule has 0 unspecified atom stereocenters. The molecule has 5 amide bonds. The second-order valence-electron chi connectivity index (χ2n) is 16.7. The number of carbonyl (C=O) groups is 6. The van der Waals surface area contributed by atoms with Gasteiger partial charge < -0.3 is 30.9 Å². The van der Waals surface area contributed by atoms with Crippen LogP contribution >= 0.6 is 0 Å². The van der Waals surface area contributed by atoms with Gasteiger partial charge in [-0.05, 0) is 70.1 Å². The van der Waals surface area contributed by atoms with E-state index in [1.165, 1.54) is 17.9 Å². The summed E-state index contributed by atoms with van der Waals surface area (Å²) in [4.78, 5) is 81.1. The van der Waals surface area contributed by atoms with Gasteiger partial charge in [-0.2, -0.15) is 0 Å². The number of hydrogen-bond acceptors (Lipinski definition) is 9. The Bertz CT molecular complexity index is 1480. The van der Waals surface area contributed by atoms with Gasteiger partial charge in [0, 0.05) is 20.0 Å². The number of rotatable bonds is 19. The summed E-state index contributed by atoms with van der Waals surface area (Å²) in [5, 5.41) is 11.0. The standard InChI is InChI=1S/C38H63N5O9S/c1-9-11-13-17-27(31(45)33(47)39-21-10-2)40-32(46)30-29-26(37(29,7)8)23-43(30)34(48)28(18-16-22-52-25(3)44)41-35(49)42-38(19-14-12-15-20-38)24-53(50,51)36(4,5)6/h10,26-30H,2,9,11-24H2,1,3-8H3,(H,39,47)(H,40,46)(H2,41,42,49)/t26-,27-,28-,29-,30-/m0/s1. The molecule has 0 aromatic rings. The van der Waals surface area contributed by atoms with Crippen LogP contribution in [0.3, 0.4) is 0 Å². The SMILES string of the molecule is C=CCNC(=O)C(=O)[C@H](CCCCC)NC(=O)[C@@H]1[C@@H]2[C@H](CN1C(=O)[C@H](CCCOC(C)=O)NC(=O)NC1(CS(=O)(=O)C(C)(C)C)CCCCC1)C2(C)C. The number of nitrogens with one attached hydrogen (secondary N) is 4. The van der Waals surface area contributed by atoms with Crippen molar-refractivity contribution in [2.45, 2.75) is 148 Å². The molecule has 14 nitrogen and oxygen atoms in total. The van der Waals surface area contributed by atoms with Crippen molar-refractivity contribution in [3.8, 4) is 0 Å². The fourth-order valence-corrected chi connectivity index (χ4v) is 9.38. The van der Waals surface area contributed by atoms with Crippen LogP contribution in [0.15, 0.2) is 12.7 Å². The normalized spacial score (nSPS) is 22.7. The monoisotopic (exact) mass is 765 g/mol. The lowest BCUT2D eigenvalue weighted by molar-refractivity contribution is -0.144. The van der Waals surface area contributed by atoms with Gasteiger partial charge in [-0.25, -0.2) is 13.2 Å². The van der Waals surface area contributed by atoms with E-state index in [-0.39, 0.29) is 62.0 Å². The molecule has 2 saturated carbocycles. The Balaban J connectivity index is 1.88. The van der Waals surface area contributed by atoms with Crippen molar-refractivity contribution in [2.75, 3.05) is 25.4 Å². The molecule has 1 aliphatic heterocycles. The summed E-state index contributed by atoms with van der Waals surface area (Å²) < 4.78 is 30.8. The fraction of sp³-hybridized carbons (Fsp3) is 0.789. The first-order chi connectivity index (χ1) is 24.7. The van der Waals surface area contributed by atoms with Gasteiger partial charge in [-0.1, -0.05) is 65.4 Å². The summed E-state index contributed by atoms with van der Waals surface area (Å²) in [6.07, 6.45) is 7.63. The maximum Gasteiger partial charge on any atom is 0.315 e. The van der Waals surface area contributed by atoms with Crippen LogP contribution in [0.1, 0.15) is 119 Å². The zero-order valence-electron chi connectivity index (χ0n) is 32.8. The Labute approximate surface area is 315 Å². The maximum absolute atomic E-state index is 14.4. The van der Waals surface area contributed by atoms with E-state index in [0.29, 0.717) is 19.3 Å². The third kappa shape index (κ3) is 11.3. The van der Waals surface area contributed by atoms with Gasteiger partial charge in [-0.15, -0.1) is 6.58 Å². The van der Waals surface area contributed by atoms with Crippen LogP contribution in [0, 0.1) is 17.3 Å². The average molecular weight is 766 g/mol. The first-order valence-electron chi connectivity index (χ1n) is 19.2. The molecule has 0 aromatic carbocycles. The number of carbonyl (C=O) groups excluding carboxylic acids is 6. The van der Waals surface area contributed by atoms with E-state index in [1.54, 1.807) is 20.8 Å². The van der Waals surface area contributed by atoms with Crippen molar-refractivity contribution in [2.24, 2.45) is 17.3 Å². The molecule has 3 rings (SSSR count). The number of urea groups is 1. The predicted molar refractivity (Wildman–Crippen MR) is 201 cm³/mol. The van der Waals surface area contributed by atoms with Gasteiger partial charge in [0.1, 0.15) is 12.1 Å². The molecule has 2 aliphatic carbocycles. The lowest BCUT2D eigenvalue weighted by atomic mass is 9.83. The summed E-state index contributed by atoms with van der Waals surface area (Å²) in [5.41, 5.74) is -1.28. The van der Waals surface area contributed by atoms with Crippen LogP contribution in [0.2, 0.25) is 0 Å². The molecule has 0 aromatic heterocycles. The molecule has 0 radical (unpaired) electrons. The molecular weight excluding hydrogens is 703 g/mol. The number of hydrogen-bond donors (Lipinski definition) is 4. The molecule has 0 spiro atoms. The molecule has 3 fully saturated rings. The third-order valence-corrected chi connectivity index (χ3v) is 14.1. The van der Waals surface area contributed by atoms with E-state index in [2.05, 4.69) is 27.8 Å². The van der Waals surface area contributed by atoms with E-state index < -0.39 is 73.8 Å². The Kier molecular flexibility index (Phi) is 15.1. The van der Waals surface area contributed by atoms with Crippen molar-refractivity contribution >= 4 is 45.3 Å².